The molecule has 18 heavy (non-hydrogen) atoms. The molecule has 0 aliphatic heterocycles. The normalized spacial score (nSPS) is 12.6. The van der Waals surface area contributed by atoms with E-state index in [1.54, 1.807) is 0 Å². The van der Waals surface area contributed by atoms with E-state index in [1.165, 1.54) is 14.1 Å². The zero-order valence-electron chi connectivity index (χ0n) is 9.52. The van der Waals surface area contributed by atoms with Gasteiger partial charge in [0.2, 0.25) is 0 Å². The summed E-state index contributed by atoms with van der Waals surface area (Å²) in [5.74, 6) is -3.80. The number of hydrogen-bond donors (Lipinski definition) is 1. The molecule has 0 heterocycles. The molecule has 0 fully saturated rings. The van der Waals surface area contributed by atoms with Crippen LogP contribution in [0.4, 0.5) is 14.5 Å². The van der Waals surface area contributed by atoms with Crippen LogP contribution in [0.5, 0.6) is 0 Å². The maximum atomic E-state index is 13.9. The zero-order valence-corrected chi connectivity index (χ0v) is 10.3. The van der Waals surface area contributed by atoms with E-state index in [1.807, 2.05) is 0 Å². The molecule has 0 radical (unpaired) electrons. The van der Waals surface area contributed by atoms with Gasteiger partial charge in [-0.25, -0.2) is 18.2 Å². The second-order valence-corrected chi connectivity index (χ2v) is 4.24. The molecule has 0 aromatic heterocycles. The van der Waals surface area contributed by atoms with Crippen molar-refractivity contribution in [1.82, 2.24) is 5.01 Å². The maximum absolute atomic E-state index is 13.9. The van der Waals surface area contributed by atoms with Crippen molar-refractivity contribution in [3.63, 3.8) is 0 Å². The second-order valence-electron chi connectivity index (χ2n) is 3.46. The number of hydrogen-bond acceptors (Lipinski definition) is 4. The first-order chi connectivity index (χ1) is 8.27. The van der Waals surface area contributed by atoms with E-state index in [2.05, 4.69) is 0 Å². The highest BCUT2D eigenvalue weighted by Crippen LogP contribution is 2.25. The molecule has 1 aromatic rings. The van der Waals surface area contributed by atoms with Gasteiger partial charge in [-0.05, 0) is 12.1 Å². The minimum atomic E-state index is -2.83. The van der Waals surface area contributed by atoms with E-state index in [4.69, 9.17) is 5.73 Å². The van der Waals surface area contributed by atoms with Crippen LogP contribution in [0, 0.1) is 11.6 Å². The van der Waals surface area contributed by atoms with E-state index < -0.39 is 40.1 Å². The molecule has 6 nitrogen and oxygen atoms in total. The van der Waals surface area contributed by atoms with Gasteiger partial charge in [0.15, 0.2) is 5.82 Å². The van der Waals surface area contributed by atoms with Crippen molar-refractivity contribution in [3.05, 3.63) is 29.3 Å². The summed E-state index contributed by atoms with van der Waals surface area (Å²) in [6, 6.07) is 1.66. The van der Waals surface area contributed by atoms with Gasteiger partial charge in [0.25, 0.3) is 5.91 Å². The van der Waals surface area contributed by atoms with E-state index >= 15 is 0 Å². The Morgan fingerprint density at radius 1 is 1.39 bits per heavy atom. The van der Waals surface area contributed by atoms with Crippen molar-refractivity contribution in [2.24, 2.45) is 5.73 Å². The van der Waals surface area contributed by atoms with Crippen LogP contribution in [-0.2, 0) is 11.3 Å². The minimum Gasteiger partial charge on any atom is -0.754 e. The molecule has 0 spiro atoms. The largest absolute Gasteiger partial charge is 0.754 e. The Hall–Kier alpha value is -1.58. The highest BCUT2D eigenvalue weighted by atomic mass is 32.2. The molecule has 1 rings (SSSR count). The SMILES string of the molecule is CN(C)N(c1ccc(F)c(C(N)=O)c1F)S(=O)[O-]. The number of primary amides is 1. The summed E-state index contributed by atoms with van der Waals surface area (Å²) in [5.41, 5.74) is 3.35. The molecule has 0 saturated heterocycles. The monoisotopic (exact) mass is 278 g/mol. The lowest BCUT2D eigenvalue weighted by Crippen LogP contribution is -2.39. The third kappa shape index (κ3) is 2.63. The van der Waals surface area contributed by atoms with Crippen molar-refractivity contribution in [2.45, 2.75) is 0 Å². The third-order valence-corrected chi connectivity index (χ3v) is 2.83. The van der Waals surface area contributed by atoms with Crippen LogP contribution in [0.15, 0.2) is 12.1 Å². The molecule has 1 atom stereocenters. The Balaban J connectivity index is 3.47. The number of nitrogens with two attached hydrogens (primary N) is 1. The molecule has 1 amide bonds. The first-order valence-corrected chi connectivity index (χ1v) is 5.65. The van der Waals surface area contributed by atoms with Gasteiger partial charge in [0.1, 0.15) is 17.1 Å². The summed E-state index contributed by atoms with van der Waals surface area (Å²) < 4.78 is 49.5. The number of rotatable bonds is 4. The van der Waals surface area contributed by atoms with E-state index in [9.17, 15) is 22.3 Å². The fourth-order valence-electron chi connectivity index (χ4n) is 1.34. The standard InChI is InChI=1S/C9H11F2N3O3S/c1-13(2)14(18(16)17)6-4-3-5(10)7(8(6)11)9(12)15/h3-4H,1-2H3,(H2,12,15)(H,16,17)/p-1. The maximum Gasteiger partial charge on any atom is 0.254 e. The molecular weight excluding hydrogens is 268 g/mol. The van der Waals surface area contributed by atoms with E-state index in [-0.39, 0.29) is 0 Å². The molecule has 0 bridgehead atoms. The van der Waals surface area contributed by atoms with Crippen molar-refractivity contribution in [1.29, 1.82) is 0 Å². The van der Waals surface area contributed by atoms with Gasteiger partial charge >= 0.3 is 0 Å². The molecular formula is C9H10F2N3O3S-. The summed E-state index contributed by atoms with van der Waals surface area (Å²) in [4.78, 5) is 10.9. The average Bonchev–Trinajstić information content (AvgIpc) is 2.20. The van der Waals surface area contributed by atoms with Crippen LogP contribution >= 0.6 is 0 Å². The number of hydrazine groups is 1. The summed E-state index contributed by atoms with van der Waals surface area (Å²) in [6.45, 7) is 0. The quantitative estimate of drug-likeness (QED) is 0.626. The highest BCUT2D eigenvalue weighted by Gasteiger charge is 2.23. The highest BCUT2D eigenvalue weighted by molar-refractivity contribution is 7.80. The molecule has 0 aliphatic carbocycles. The first kappa shape index (κ1) is 14.5. The van der Waals surface area contributed by atoms with Crippen LogP contribution in [-0.4, -0.2) is 33.8 Å². The molecule has 9 heteroatoms. The number of anilines is 1. The van der Waals surface area contributed by atoms with Gasteiger partial charge in [-0.3, -0.25) is 9.00 Å². The summed E-state index contributed by atoms with van der Waals surface area (Å²) >= 11 is -2.83. The van der Waals surface area contributed by atoms with Crippen LogP contribution in [0.25, 0.3) is 0 Å². The fourth-order valence-corrected chi connectivity index (χ4v) is 1.91. The topological polar surface area (TPSA) is 89.7 Å². The van der Waals surface area contributed by atoms with Gasteiger partial charge < -0.3 is 10.3 Å². The van der Waals surface area contributed by atoms with Crippen LogP contribution in [0.3, 0.4) is 0 Å². The lowest BCUT2D eigenvalue weighted by Gasteiger charge is -2.32. The number of nitrogens with zero attached hydrogens (tertiary/aromatic N) is 2. The number of carbonyl (C=O) groups excluding carboxylic acids is 1. The summed E-state index contributed by atoms with van der Waals surface area (Å²) in [5, 5.41) is 1.05. The third-order valence-electron chi connectivity index (χ3n) is 2.03. The van der Waals surface area contributed by atoms with Crippen molar-refractivity contribution < 1.29 is 22.3 Å². The van der Waals surface area contributed by atoms with Crippen LogP contribution in [0.1, 0.15) is 10.4 Å². The lowest BCUT2D eigenvalue weighted by atomic mass is 10.1. The minimum absolute atomic E-state index is 0.497. The predicted octanol–water partition coefficient (Wildman–Crippen LogP) is 0.141. The van der Waals surface area contributed by atoms with Crippen molar-refractivity contribution in [2.75, 3.05) is 18.5 Å². The van der Waals surface area contributed by atoms with Gasteiger partial charge in [-0.2, -0.15) is 0 Å². The molecule has 0 aliphatic rings. The Kier molecular flexibility index (Phi) is 4.33. The van der Waals surface area contributed by atoms with Gasteiger partial charge in [-0.1, -0.05) is 0 Å². The summed E-state index contributed by atoms with van der Waals surface area (Å²) in [7, 11) is 2.67. The second kappa shape index (κ2) is 5.38. The number of halogens is 2. The average molecular weight is 278 g/mol. The molecule has 1 unspecified atom stereocenters. The van der Waals surface area contributed by atoms with E-state index in [0.717, 1.165) is 17.1 Å². The predicted molar refractivity (Wildman–Crippen MR) is 60.0 cm³/mol. The van der Waals surface area contributed by atoms with Gasteiger partial charge in [0, 0.05) is 14.1 Å². The lowest BCUT2D eigenvalue weighted by molar-refractivity contribution is 0.0992. The Morgan fingerprint density at radius 3 is 2.33 bits per heavy atom. The fraction of sp³-hybridized carbons (Fsp3) is 0.222. The number of benzene rings is 1. The number of amides is 1. The molecule has 100 valence electrons. The first-order valence-electron chi connectivity index (χ1n) is 4.62. The van der Waals surface area contributed by atoms with E-state index in [0.29, 0.717) is 4.41 Å². The van der Waals surface area contributed by atoms with Gasteiger partial charge in [-0.15, -0.1) is 0 Å². The molecule has 2 N–H and O–H groups in total. The van der Waals surface area contributed by atoms with Crippen LogP contribution < -0.4 is 10.1 Å². The molecule has 0 saturated carbocycles. The number of carbonyl (C=O) groups is 1. The Morgan fingerprint density at radius 2 is 1.94 bits per heavy atom. The Bertz CT molecular complexity index is 510. The summed E-state index contributed by atoms with van der Waals surface area (Å²) in [6.07, 6.45) is 0. The van der Waals surface area contributed by atoms with Gasteiger partial charge in [0.05, 0.1) is 11.3 Å². The van der Waals surface area contributed by atoms with Crippen LogP contribution in [0.2, 0.25) is 0 Å². The zero-order chi connectivity index (χ0) is 14.0. The molecule has 1 aromatic carbocycles. The Labute approximate surface area is 104 Å². The van der Waals surface area contributed by atoms with Crippen molar-refractivity contribution in [3.8, 4) is 0 Å². The van der Waals surface area contributed by atoms with Crippen molar-refractivity contribution >= 4 is 22.9 Å². The smallest absolute Gasteiger partial charge is 0.254 e.